The van der Waals surface area contributed by atoms with Gasteiger partial charge in [-0.15, -0.1) is 0 Å². The molecular weight excluding hydrogens is 385 g/mol. The molecule has 2 atom stereocenters. The van der Waals surface area contributed by atoms with Crippen LogP contribution in [0.3, 0.4) is 0 Å². The fourth-order valence-corrected chi connectivity index (χ4v) is 7.33. The molecule has 0 fully saturated rings. The maximum absolute atomic E-state index is 12.8. The van der Waals surface area contributed by atoms with Crippen LogP contribution >= 0.6 is 7.92 Å². The van der Waals surface area contributed by atoms with Crippen molar-refractivity contribution >= 4 is 24.4 Å². The van der Waals surface area contributed by atoms with Crippen molar-refractivity contribution in [2.75, 3.05) is 0 Å². The summed E-state index contributed by atoms with van der Waals surface area (Å²) in [6, 6.07) is 32.1. The summed E-state index contributed by atoms with van der Waals surface area (Å²) < 4.78 is 0. The van der Waals surface area contributed by atoms with Crippen LogP contribution in [0.4, 0.5) is 0 Å². The van der Waals surface area contributed by atoms with Gasteiger partial charge < -0.3 is 4.90 Å². The smallest absolute Gasteiger partial charge is 0.220 e. The second kappa shape index (κ2) is 9.87. The maximum atomic E-state index is 12.8. The van der Waals surface area contributed by atoms with Crippen molar-refractivity contribution in [3.63, 3.8) is 0 Å². The third-order valence-electron chi connectivity index (χ3n) is 5.72. The van der Waals surface area contributed by atoms with E-state index in [0.717, 1.165) is 12.8 Å². The van der Waals surface area contributed by atoms with Crippen molar-refractivity contribution in [1.29, 1.82) is 0 Å². The van der Waals surface area contributed by atoms with E-state index in [1.165, 1.54) is 16.2 Å². The third-order valence-corrected chi connectivity index (χ3v) is 8.65. The molecule has 3 heteroatoms. The molecule has 0 radical (unpaired) electrons. The Kier molecular flexibility index (Phi) is 6.77. The van der Waals surface area contributed by atoms with E-state index >= 15 is 0 Å². The number of hydrogen-bond donors (Lipinski definition) is 0. The fraction of sp³-hybridized carbons (Fsp3) is 0.222. The minimum absolute atomic E-state index is 0.1000. The van der Waals surface area contributed by atoms with Crippen LogP contribution in [-0.2, 0) is 11.3 Å². The second-order valence-electron chi connectivity index (χ2n) is 7.74. The summed E-state index contributed by atoms with van der Waals surface area (Å²) in [5, 5.41) is 2.76. The highest BCUT2D eigenvalue weighted by atomic mass is 31.1. The Balaban J connectivity index is 1.73. The summed E-state index contributed by atoms with van der Waals surface area (Å²) in [6.07, 6.45) is 6.69. The first kappa shape index (κ1) is 20.6. The summed E-state index contributed by atoms with van der Waals surface area (Å²) in [7, 11) is -0.585. The average molecular weight is 414 g/mol. The monoisotopic (exact) mass is 413 g/mol. The number of nitrogens with zero attached hydrogens (tertiary/aromatic N) is 1. The lowest BCUT2D eigenvalue weighted by Gasteiger charge is -2.41. The van der Waals surface area contributed by atoms with Crippen molar-refractivity contribution in [2.24, 2.45) is 0 Å². The normalized spacial score (nSPS) is 18.3. The average Bonchev–Trinajstić information content (AvgIpc) is 2.80. The molecule has 152 valence electrons. The van der Waals surface area contributed by atoms with Crippen LogP contribution < -0.4 is 10.6 Å². The van der Waals surface area contributed by atoms with Crippen molar-refractivity contribution in [1.82, 2.24) is 4.90 Å². The van der Waals surface area contributed by atoms with Gasteiger partial charge in [-0.1, -0.05) is 103 Å². The largest absolute Gasteiger partial charge is 0.332 e. The van der Waals surface area contributed by atoms with Gasteiger partial charge in [0.2, 0.25) is 5.91 Å². The van der Waals surface area contributed by atoms with Gasteiger partial charge in [0.15, 0.2) is 0 Å². The van der Waals surface area contributed by atoms with E-state index in [9.17, 15) is 4.79 Å². The predicted octanol–water partition coefficient (Wildman–Crippen LogP) is 5.26. The molecule has 3 aromatic carbocycles. The third kappa shape index (κ3) is 4.71. The molecule has 3 aromatic rings. The van der Waals surface area contributed by atoms with E-state index in [2.05, 4.69) is 89.8 Å². The van der Waals surface area contributed by atoms with Gasteiger partial charge in [0, 0.05) is 19.1 Å². The topological polar surface area (TPSA) is 20.3 Å². The van der Waals surface area contributed by atoms with Crippen LogP contribution in [0.2, 0.25) is 0 Å². The molecule has 1 amide bonds. The molecule has 0 bridgehead atoms. The lowest BCUT2D eigenvalue weighted by molar-refractivity contribution is -0.131. The Hall–Kier alpha value is -2.70. The van der Waals surface area contributed by atoms with Crippen LogP contribution in [0.15, 0.2) is 103 Å². The minimum atomic E-state index is -0.585. The standard InChI is InChI=1S/C27H28NOP/c1-22(29)28(21-23-13-5-2-6-14-23)26-19-11-12-20-27(26)30(24-15-7-3-8-16-24)25-17-9-4-10-18-25/h2-11,13-19,26-27H,12,20-21H2,1H3. The summed E-state index contributed by atoms with van der Waals surface area (Å²) in [4.78, 5) is 14.9. The number of rotatable bonds is 6. The van der Waals surface area contributed by atoms with Crippen molar-refractivity contribution in [2.45, 2.75) is 38.0 Å². The van der Waals surface area contributed by atoms with Crippen LogP contribution in [0.5, 0.6) is 0 Å². The number of carbonyl (C=O) groups is 1. The second-order valence-corrected chi connectivity index (χ2v) is 10.2. The first-order valence-electron chi connectivity index (χ1n) is 10.6. The number of allylic oxidation sites excluding steroid dienone is 1. The Labute approximate surface area is 181 Å². The summed E-state index contributed by atoms with van der Waals surface area (Å²) >= 11 is 0. The van der Waals surface area contributed by atoms with Gasteiger partial charge in [-0.2, -0.15) is 0 Å². The van der Waals surface area contributed by atoms with Crippen molar-refractivity contribution in [3.05, 3.63) is 109 Å². The lowest BCUT2D eigenvalue weighted by Crippen LogP contribution is -2.46. The zero-order chi connectivity index (χ0) is 20.8. The van der Waals surface area contributed by atoms with E-state index < -0.39 is 7.92 Å². The molecule has 0 spiro atoms. The molecule has 30 heavy (non-hydrogen) atoms. The first-order valence-corrected chi connectivity index (χ1v) is 12.0. The molecule has 2 nitrogen and oxygen atoms in total. The van der Waals surface area contributed by atoms with E-state index in [1.54, 1.807) is 6.92 Å². The summed E-state index contributed by atoms with van der Waals surface area (Å²) in [6.45, 7) is 2.35. The van der Waals surface area contributed by atoms with Gasteiger partial charge in [0.1, 0.15) is 0 Å². The fourth-order valence-electron chi connectivity index (χ4n) is 4.31. The van der Waals surface area contributed by atoms with Crippen LogP contribution in [0, 0.1) is 0 Å². The van der Waals surface area contributed by atoms with Crippen LogP contribution in [0.25, 0.3) is 0 Å². The molecule has 0 saturated carbocycles. The highest BCUT2D eigenvalue weighted by molar-refractivity contribution is 7.73. The lowest BCUT2D eigenvalue weighted by atomic mass is 9.99. The maximum Gasteiger partial charge on any atom is 0.220 e. The quantitative estimate of drug-likeness (QED) is 0.399. The zero-order valence-electron chi connectivity index (χ0n) is 17.4. The van der Waals surface area contributed by atoms with Gasteiger partial charge in [0.25, 0.3) is 0 Å². The Morgan fingerprint density at radius 1 is 0.867 bits per heavy atom. The predicted molar refractivity (Wildman–Crippen MR) is 128 cm³/mol. The van der Waals surface area contributed by atoms with Gasteiger partial charge in [0.05, 0.1) is 6.04 Å². The zero-order valence-corrected chi connectivity index (χ0v) is 18.3. The molecule has 0 heterocycles. The number of benzene rings is 3. The van der Waals surface area contributed by atoms with Crippen LogP contribution in [-0.4, -0.2) is 22.5 Å². The number of carbonyl (C=O) groups excluding carboxylic acids is 1. The SMILES string of the molecule is CC(=O)N(Cc1ccccc1)C1C=CCCC1P(c1ccccc1)c1ccccc1. The Bertz CT molecular complexity index is 932. The molecule has 2 unspecified atom stereocenters. The van der Waals surface area contributed by atoms with Crippen molar-refractivity contribution < 1.29 is 4.79 Å². The molecule has 1 aliphatic carbocycles. The number of hydrogen-bond acceptors (Lipinski definition) is 1. The van der Waals surface area contributed by atoms with Gasteiger partial charge >= 0.3 is 0 Å². The Morgan fingerprint density at radius 2 is 1.40 bits per heavy atom. The first-order chi connectivity index (χ1) is 14.7. The van der Waals surface area contributed by atoms with E-state index in [0.29, 0.717) is 12.2 Å². The molecule has 0 N–H and O–H groups in total. The molecule has 0 saturated heterocycles. The summed E-state index contributed by atoms with van der Waals surface area (Å²) in [5.41, 5.74) is 1.57. The van der Waals surface area contributed by atoms with Crippen LogP contribution in [0.1, 0.15) is 25.3 Å². The van der Waals surface area contributed by atoms with E-state index in [1.807, 2.05) is 18.2 Å². The minimum Gasteiger partial charge on any atom is -0.332 e. The molecule has 0 aromatic heterocycles. The molecule has 0 aliphatic heterocycles. The molecule has 1 aliphatic rings. The Morgan fingerprint density at radius 3 is 1.93 bits per heavy atom. The number of amides is 1. The molecule has 4 rings (SSSR count). The van der Waals surface area contributed by atoms with Gasteiger partial charge in [-0.25, -0.2) is 0 Å². The highest BCUT2D eigenvalue weighted by Gasteiger charge is 2.35. The summed E-state index contributed by atoms with van der Waals surface area (Å²) in [5.74, 6) is 0.136. The van der Waals surface area contributed by atoms with Gasteiger partial charge in [-0.05, 0) is 36.9 Å². The highest BCUT2D eigenvalue weighted by Crippen LogP contribution is 2.46. The van der Waals surface area contributed by atoms with E-state index in [-0.39, 0.29) is 11.9 Å². The van der Waals surface area contributed by atoms with Crippen molar-refractivity contribution in [3.8, 4) is 0 Å². The molecular formula is C27H28NOP. The van der Waals surface area contributed by atoms with E-state index in [4.69, 9.17) is 0 Å². The van der Waals surface area contributed by atoms with Gasteiger partial charge in [-0.3, -0.25) is 4.79 Å².